The van der Waals surface area contributed by atoms with E-state index in [0.29, 0.717) is 0 Å². The molecule has 1 heterocycles. The molecule has 0 amide bonds. The number of carbonyl (C=O) groups excluding carboxylic acids is 2. The zero-order valence-electron chi connectivity index (χ0n) is 14.8. The van der Waals surface area contributed by atoms with E-state index >= 15 is 0 Å². The third-order valence-electron chi connectivity index (χ3n) is 3.73. The number of hydrogen-bond donors (Lipinski definition) is 0. The number of esters is 2. The Balaban J connectivity index is 3.09. The molecule has 1 aliphatic heterocycles. The van der Waals surface area contributed by atoms with E-state index < -0.39 is 48.7 Å². The van der Waals surface area contributed by atoms with Gasteiger partial charge in [0.1, 0.15) is 31.0 Å². The minimum Gasteiger partial charge on any atom is -0.463 e. The number of rotatable bonds is 8. The van der Waals surface area contributed by atoms with Gasteiger partial charge in [0.15, 0.2) is 12.4 Å². The van der Waals surface area contributed by atoms with Crippen molar-refractivity contribution in [2.24, 2.45) is 0 Å². The second kappa shape index (κ2) is 9.90. The Morgan fingerprint density at radius 1 is 0.917 bits per heavy atom. The Kier molecular flexibility index (Phi) is 8.57. The van der Waals surface area contributed by atoms with Crippen LogP contribution < -0.4 is 0 Å². The number of ether oxygens (including phenoxy) is 7. The van der Waals surface area contributed by atoms with Crippen molar-refractivity contribution < 1.29 is 42.7 Å². The topological polar surface area (TPSA) is 98.8 Å². The van der Waals surface area contributed by atoms with E-state index in [1.165, 1.54) is 42.3 Å². The molecule has 6 atom stereocenters. The second-order valence-electron chi connectivity index (χ2n) is 5.26. The minimum absolute atomic E-state index is 0.0707. The molecule has 0 aromatic carbocycles. The Bertz CT molecular complexity index is 414. The van der Waals surface area contributed by atoms with Crippen LogP contribution in [-0.2, 0) is 42.7 Å². The highest BCUT2D eigenvalue weighted by molar-refractivity contribution is 5.66. The highest BCUT2D eigenvalue weighted by Crippen LogP contribution is 2.30. The minimum atomic E-state index is -0.829. The van der Waals surface area contributed by atoms with E-state index in [9.17, 15) is 9.59 Å². The molecule has 0 aliphatic carbocycles. The van der Waals surface area contributed by atoms with E-state index in [-0.39, 0.29) is 6.61 Å². The predicted octanol–water partition coefficient (Wildman–Crippen LogP) is -0.102. The first-order chi connectivity index (χ1) is 11.4. The van der Waals surface area contributed by atoms with Gasteiger partial charge in [0.2, 0.25) is 0 Å². The van der Waals surface area contributed by atoms with Gasteiger partial charge in [-0.1, -0.05) is 0 Å². The smallest absolute Gasteiger partial charge is 0.303 e. The lowest BCUT2D eigenvalue weighted by atomic mass is 9.94. The first-order valence-corrected chi connectivity index (χ1v) is 7.46. The standard InChI is InChI=1S/C15H26O9/c1-8(16)22-7-10(18-3)11-13(23-9(2)17)12(19-4)14(20-5)15(21-6)24-11/h10-15H,7H2,1-6H3/t10-,11-,12+,13-,14-,15-/m1/s1. The summed E-state index contributed by atoms with van der Waals surface area (Å²) in [6.45, 7) is 2.50. The summed E-state index contributed by atoms with van der Waals surface area (Å²) in [5, 5.41) is 0. The average molecular weight is 350 g/mol. The van der Waals surface area contributed by atoms with Gasteiger partial charge in [-0.2, -0.15) is 0 Å². The van der Waals surface area contributed by atoms with Crippen LogP contribution in [0.5, 0.6) is 0 Å². The molecular formula is C15H26O9. The fourth-order valence-corrected chi connectivity index (χ4v) is 2.66. The first kappa shape index (κ1) is 20.8. The summed E-state index contributed by atoms with van der Waals surface area (Å²) in [7, 11) is 5.84. The van der Waals surface area contributed by atoms with Crippen LogP contribution in [0.15, 0.2) is 0 Å². The summed E-state index contributed by atoms with van der Waals surface area (Å²) in [4.78, 5) is 22.6. The quantitative estimate of drug-likeness (QED) is 0.556. The zero-order chi connectivity index (χ0) is 18.3. The molecule has 0 aromatic heterocycles. The van der Waals surface area contributed by atoms with Crippen molar-refractivity contribution >= 4 is 11.9 Å². The van der Waals surface area contributed by atoms with E-state index in [1.807, 2.05) is 0 Å². The molecule has 1 saturated heterocycles. The molecular weight excluding hydrogens is 324 g/mol. The molecule has 1 aliphatic rings. The maximum absolute atomic E-state index is 11.5. The summed E-state index contributed by atoms with van der Waals surface area (Å²) < 4.78 is 37.7. The van der Waals surface area contributed by atoms with Gasteiger partial charge in [-0.25, -0.2) is 0 Å². The van der Waals surface area contributed by atoms with Crippen molar-refractivity contribution in [1.82, 2.24) is 0 Å². The number of methoxy groups -OCH3 is 4. The van der Waals surface area contributed by atoms with Gasteiger partial charge >= 0.3 is 11.9 Å². The lowest BCUT2D eigenvalue weighted by molar-refractivity contribution is -0.316. The molecule has 0 saturated carbocycles. The zero-order valence-corrected chi connectivity index (χ0v) is 14.8. The van der Waals surface area contributed by atoms with Crippen LogP contribution in [0.2, 0.25) is 0 Å². The highest BCUT2D eigenvalue weighted by atomic mass is 16.7. The third kappa shape index (κ3) is 5.12. The predicted molar refractivity (Wildman–Crippen MR) is 80.2 cm³/mol. The van der Waals surface area contributed by atoms with Crippen LogP contribution in [0.3, 0.4) is 0 Å². The molecule has 0 spiro atoms. The molecule has 0 N–H and O–H groups in total. The van der Waals surface area contributed by atoms with Crippen LogP contribution in [-0.4, -0.2) is 83.8 Å². The molecule has 9 nitrogen and oxygen atoms in total. The molecule has 0 bridgehead atoms. The SMILES string of the molecule is CO[C@@H]1O[C@H]([C@@H](COC(C)=O)OC)[C@@H](OC(C)=O)[C@H](OC)[C@H]1OC. The van der Waals surface area contributed by atoms with Gasteiger partial charge in [-0.3, -0.25) is 9.59 Å². The van der Waals surface area contributed by atoms with Crippen molar-refractivity contribution in [3.63, 3.8) is 0 Å². The molecule has 1 fully saturated rings. The number of carbonyl (C=O) groups is 2. The largest absolute Gasteiger partial charge is 0.463 e. The average Bonchev–Trinajstić information content (AvgIpc) is 2.54. The van der Waals surface area contributed by atoms with Crippen LogP contribution in [0.25, 0.3) is 0 Å². The van der Waals surface area contributed by atoms with E-state index in [1.54, 1.807) is 0 Å². The molecule has 140 valence electrons. The first-order valence-electron chi connectivity index (χ1n) is 7.46. The summed E-state index contributed by atoms with van der Waals surface area (Å²) in [6, 6.07) is 0. The second-order valence-corrected chi connectivity index (χ2v) is 5.26. The Hall–Kier alpha value is -1.26. The highest BCUT2D eigenvalue weighted by Gasteiger charge is 2.51. The van der Waals surface area contributed by atoms with Crippen LogP contribution in [0.4, 0.5) is 0 Å². The molecule has 9 heteroatoms. The molecule has 24 heavy (non-hydrogen) atoms. The van der Waals surface area contributed by atoms with Crippen LogP contribution in [0.1, 0.15) is 13.8 Å². The maximum Gasteiger partial charge on any atom is 0.303 e. The van der Waals surface area contributed by atoms with Crippen LogP contribution in [0, 0.1) is 0 Å². The lowest BCUT2D eigenvalue weighted by Crippen LogP contribution is -2.64. The van der Waals surface area contributed by atoms with Gasteiger partial charge in [0, 0.05) is 42.3 Å². The maximum atomic E-state index is 11.5. The Labute approximate surface area is 141 Å². The number of hydrogen-bond acceptors (Lipinski definition) is 9. The van der Waals surface area contributed by atoms with Crippen LogP contribution >= 0.6 is 0 Å². The van der Waals surface area contributed by atoms with E-state index in [4.69, 9.17) is 33.2 Å². The van der Waals surface area contributed by atoms with E-state index in [2.05, 4.69) is 0 Å². The third-order valence-corrected chi connectivity index (χ3v) is 3.73. The monoisotopic (exact) mass is 350 g/mol. The van der Waals surface area contributed by atoms with Crippen molar-refractivity contribution in [2.45, 2.75) is 50.7 Å². The molecule has 0 aromatic rings. The summed E-state index contributed by atoms with van der Waals surface area (Å²) in [5.41, 5.74) is 0. The summed E-state index contributed by atoms with van der Waals surface area (Å²) >= 11 is 0. The van der Waals surface area contributed by atoms with Crippen molar-refractivity contribution in [3.8, 4) is 0 Å². The Morgan fingerprint density at radius 3 is 1.96 bits per heavy atom. The summed E-state index contributed by atoms with van der Waals surface area (Å²) in [6.07, 6.45) is -4.34. The van der Waals surface area contributed by atoms with Gasteiger partial charge < -0.3 is 33.2 Å². The molecule has 1 rings (SSSR count). The van der Waals surface area contributed by atoms with Gasteiger partial charge in [-0.15, -0.1) is 0 Å². The van der Waals surface area contributed by atoms with Gasteiger partial charge in [0.05, 0.1) is 0 Å². The lowest BCUT2D eigenvalue weighted by Gasteiger charge is -2.45. The van der Waals surface area contributed by atoms with Gasteiger partial charge in [0.25, 0.3) is 0 Å². The molecule has 0 radical (unpaired) electrons. The fourth-order valence-electron chi connectivity index (χ4n) is 2.66. The van der Waals surface area contributed by atoms with Gasteiger partial charge in [-0.05, 0) is 0 Å². The molecule has 0 unspecified atom stereocenters. The van der Waals surface area contributed by atoms with Crippen molar-refractivity contribution in [3.05, 3.63) is 0 Å². The normalized spacial score (nSPS) is 31.3. The van der Waals surface area contributed by atoms with Crippen molar-refractivity contribution in [1.29, 1.82) is 0 Å². The Morgan fingerprint density at radius 2 is 1.54 bits per heavy atom. The summed E-state index contributed by atoms with van der Waals surface area (Å²) in [5.74, 6) is -0.970. The van der Waals surface area contributed by atoms with Crippen molar-refractivity contribution in [2.75, 3.05) is 35.0 Å². The van der Waals surface area contributed by atoms with E-state index in [0.717, 1.165) is 0 Å². The fraction of sp³-hybridized carbons (Fsp3) is 0.867.